The van der Waals surface area contributed by atoms with Crippen LogP contribution in [0.5, 0.6) is 5.75 Å². The van der Waals surface area contributed by atoms with Crippen molar-refractivity contribution in [1.29, 1.82) is 0 Å². The Morgan fingerprint density at radius 2 is 2.11 bits per heavy atom. The number of likely N-dealkylation sites (tertiary alicyclic amines) is 1. The van der Waals surface area contributed by atoms with Gasteiger partial charge in [-0.1, -0.05) is 12.1 Å². The molecule has 1 unspecified atom stereocenters. The highest BCUT2D eigenvalue weighted by Crippen LogP contribution is 2.19. The molecule has 1 amide bonds. The van der Waals surface area contributed by atoms with E-state index in [0.717, 1.165) is 0 Å². The number of rotatable bonds is 4. The number of hydrogen-bond donors (Lipinski definition) is 1. The van der Waals surface area contributed by atoms with E-state index in [1.165, 1.54) is 0 Å². The molecular weight excluding hydrogens is 234 g/mol. The summed E-state index contributed by atoms with van der Waals surface area (Å²) in [5, 5.41) is 8.65. The van der Waals surface area contributed by atoms with E-state index in [1.807, 2.05) is 0 Å². The molecule has 5 nitrogen and oxygen atoms in total. The van der Waals surface area contributed by atoms with Gasteiger partial charge in [0.05, 0.1) is 6.42 Å². The van der Waals surface area contributed by atoms with Crippen molar-refractivity contribution in [3.63, 3.8) is 0 Å². The third-order valence-corrected chi connectivity index (χ3v) is 2.94. The molecule has 1 N–H and O–H groups in total. The summed E-state index contributed by atoms with van der Waals surface area (Å²) in [6.07, 6.45) is 0.262. The van der Waals surface area contributed by atoms with E-state index < -0.39 is 12.1 Å². The fourth-order valence-corrected chi connectivity index (χ4v) is 1.92. The number of carboxylic acids is 1. The van der Waals surface area contributed by atoms with Crippen LogP contribution >= 0.6 is 0 Å². The van der Waals surface area contributed by atoms with Gasteiger partial charge in [0.1, 0.15) is 5.75 Å². The monoisotopic (exact) mass is 249 g/mol. The Morgan fingerprint density at radius 3 is 2.61 bits per heavy atom. The summed E-state index contributed by atoms with van der Waals surface area (Å²) >= 11 is 0. The SMILES string of the molecule is CN1CCC(Oc2ccc(CC(=O)O)cc2)C1=O. The van der Waals surface area contributed by atoms with Gasteiger partial charge in [0.2, 0.25) is 0 Å². The summed E-state index contributed by atoms with van der Waals surface area (Å²) in [6.45, 7) is 0.709. The molecule has 0 spiro atoms. The summed E-state index contributed by atoms with van der Waals surface area (Å²) < 4.78 is 5.58. The van der Waals surface area contributed by atoms with Crippen LogP contribution in [0.4, 0.5) is 0 Å². The second-order valence-corrected chi connectivity index (χ2v) is 4.37. The van der Waals surface area contributed by atoms with Crippen LogP contribution in [0.3, 0.4) is 0 Å². The fraction of sp³-hybridized carbons (Fsp3) is 0.385. The molecule has 1 aliphatic rings. The van der Waals surface area contributed by atoms with Gasteiger partial charge in [0.15, 0.2) is 6.10 Å². The lowest BCUT2D eigenvalue weighted by Gasteiger charge is -2.13. The number of benzene rings is 1. The number of carbonyl (C=O) groups excluding carboxylic acids is 1. The normalized spacial score (nSPS) is 19.1. The molecule has 1 atom stereocenters. The van der Waals surface area contributed by atoms with Gasteiger partial charge in [0, 0.05) is 20.0 Å². The van der Waals surface area contributed by atoms with Gasteiger partial charge in [0.25, 0.3) is 5.91 Å². The molecule has 1 fully saturated rings. The lowest BCUT2D eigenvalue weighted by molar-refractivity contribution is -0.136. The maximum absolute atomic E-state index is 11.6. The molecule has 5 heteroatoms. The van der Waals surface area contributed by atoms with E-state index in [1.54, 1.807) is 36.2 Å². The topological polar surface area (TPSA) is 66.8 Å². The smallest absolute Gasteiger partial charge is 0.307 e. The molecule has 0 bridgehead atoms. The molecule has 1 saturated heterocycles. The average molecular weight is 249 g/mol. The predicted molar refractivity (Wildman–Crippen MR) is 64.5 cm³/mol. The highest BCUT2D eigenvalue weighted by Gasteiger charge is 2.30. The number of carboxylic acid groups (broad SMARTS) is 1. The lowest BCUT2D eigenvalue weighted by atomic mass is 10.1. The molecule has 0 saturated carbocycles. The van der Waals surface area contributed by atoms with Crippen molar-refractivity contribution in [2.45, 2.75) is 18.9 Å². The molecule has 1 aromatic rings. The minimum absolute atomic E-state index is 0.00855. The number of likely N-dealkylation sites (N-methyl/N-ethyl adjacent to an activating group) is 1. The first-order valence-electron chi connectivity index (χ1n) is 5.78. The highest BCUT2D eigenvalue weighted by atomic mass is 16.5. The Hall–Kier alpha value is -2.04. The van der Waals surface area contributed by atoms with Crippen molar-refractivity contribution in [2.75, 3.05) is 13.6 Å². The van der Waals surface area contributed by atoms with Crippen LogP contribution in [0.15, 0.2) is 24.3 Å². The van der Waals surface area contributed by atoms with Crippen LogP contribution in [0.2, 0.25) is 0 Å². The summed E-state index contributed by atoms with van der Waals surface area (Å²) in [4.78, 5) is 23.8. The number of ether oxygens (including phenoxy) is 1. The highest BCUT2D eigenvalue weighted by molar-refractivity contribution is 5.83. The third-order valence-electron chi connectivity index (χ3n) is 2.94. The van der Waals surface area contributed by atoms with Crippen molar-refractivity contribution in [3.8, 4) is 5.75 Å². The summed E-state index contributed by atoms with van der Waals surface area (Å²) in [5.74, 6) is -0.279. The molecule has 2 rings (SSSR count). The second-order valence-electron chi connectivity index (χ2n) is 4.37. The van der Waals surface area contributed by atoms with E-state index in [-0.39, 0.29) is 12.3 Å². The minimum Gasteiger partial charge on any atom is -0.481 e. The first kappa shape index (κ1) is 12.4. The maximum Gasteiger partial charge on any atom is 0.307 e. The van der Waals surface area contributed by atoms with Crippen LogP contribution in [0.1, 0.15) is 12.0 Å². The second kappa shape index (κ2) is 5.08. The lowest BCUT2D eigenvalue weighted by Crippen LogP contribution is -2.29. The van der Waals surface area contributed by atoms with E-state index in [0.29, 0.717) is 24.3 Å². The Labute approximate surface area is 105 Å². The Morgan fingerprint density at radius 1 is 1.44 bits per heavy atom. The van der Waals surface area contributed by atoms with Gasteiger partial charge in [-0.05, 0) is 17.7 Å². The van der Waals surface area contributed by atoms with Crippen molar-refractivity contribution < 1.29 is 19.4 Å². The zero-order chi connectivity index (χ0) is 13.1. The van der Waals surface area contributed by atoms with Gasteiger partial charge in [-0.3, -0.25) is 9.59 Å². The van der Waals surface area contributed by atoms with Crippen molar-refractivity contribution >= 4 is 11.9 Å². The number of nitrogens with zero attached hydrogens (tertiary/aromatic N) is 1. The van der Waals surface area contributed by atoms with Gasteiger partial charge in [-0.25, -0.2) is 0 Å². The molecular formula is C13H15NO4. The van der Waals surface area contributed by atoms with Crippen LogP contribution in [0, 0.1) is 0 Å². The number of amides is 1. The van der Waals surface area contributed by atoms with E-state index in [9.17, 15) is 9.59 Å². The third kappa shape index (κ3) is 2.80. The summed E-state index contributed by atoms with van der Waals surface area (Å²) in [5.41, 5.74) is 0.713. The standard InChI is InChI=1S/C13H15NO4/c1-14-7-6-11(13(14)17)18-10-4-2-9(3-5-10)8-12(15)16/h2-5,11H,6-8H2,1H3,(H,15,16). The van der Waals surface area contributed by atoms with Gasteiger partial charge >= 0.3 is 5.97 Å². The van der Waals surface area contributed by atoms with Crippen molar-refractivity contribution in [2.24, 2.45) is 0 Å². The summed E-state index contributed by atoms with van der Waals surface area (Å²) in [6, 6.07) is 6.80. The number of carbonyl (C=O) groups is 2. The average Bonchev–Trinajstić information content (AvgIpc) is 2.63. The zero-order valence-electron chi connectivity index (χ0n) is 10.1. The predicted octanol–water partition coefficient (Wildman–Crippen LogP) is 0.923. The molecule has 0 aromatic heterocycles. The van der Waals surface area contributed by atoms with E-state index >= 15 is 0 Å². The molecule has 96 valence electrons. The molecule has 1 heterocycles. The Kier molecular flexibility index (Phi) is 3.50. The zero-order valence-corrected chi connectivity index (χ0v) is 10.1. The molecule has 1 aromatic carbocycles. The van der Waals surface area contributed by atoms with Crippen molar-refractivity contribution in [1.82, 2.24) is 4.90 Å². The number of hydrogen-bond acceptors (Lipinski definition) is 3. The fourth-order valence-electron chi connectivity index (χ4n) is 1.92. The van der Waals surface area contributed by atoms with Crippen LogP contribution in [0.25, 0.3) is 0 Å². The Balaban J connectivity index is 1.98. The van der Waals surface area contributed by atoms with Crippen LogP contribution in [-0.2, 0) is 16.0 Å². The molecule has 0 aliphatic carbocycles. The van der Waals surface area contributed by atoms with Crippen LogP contribution in [-0.4, -0.2) is 41.6 Å². The summed E-state index contributed by atoms with van der Waals surface area (Å²) in [7, 11) is 1.75. The first-order chi connectivity index (χ1) is 8.56. The quantitative estimate of drug-likeness (QED) is 0.861. The van der Waals surface area contributed by atoms with Gasteiger partial charge in [-0.2, -0.15) is 0 Å². The van der Waals surface area contributed by atoms with E-state index in [2.05, 4.69) is 0 Å². The van der Waals surface area contributed by atoms with Gasteiger partial charge in [-0.15, -0.1) is 0 Å². The van der Waals surface area contributed by atoms with Crippen LogP contribution < -0.4 is 4.74 Å². The van der Waals surface area contributed by atoms with E-state index in [4.69, 9.17) is 9.84 Å². The maximum atomic E-state index is 11.6. The molecule has 0 radical (unpaired) electrons. The molecule has 18 heavy (non-hydrogen) atoms. The minimum atomic E-state index is -0.865. The van der Waals surface area contributed by atoms with Gasteiger partial charge < -0.3 is 14.7 Å². The largest absolute Gasteiger partial charge is 0.481 e. The molecule has 1 aliphatic heterocycles. The Bertz CT molecular complexity index is 455. The van der Waals surface area contributed by atoms with Crippen molar-refractivity contribution in [3.05, 3.63) is 29.8 Å². The number of aliphatic carboxylic acids is 1. The first-order valence-corrected chi connectivity index (χ1v) is 5.78.